The van der Waals surface area contributed by atoms with Gasteiger partial charge < -0.3 is 35.9 Å². The van der Waals surface area contributed by atoms with Gasteiger partial charge in [0.15, 0.2) is 0 Å². The Morgan fingerprint density at radius 3 is 1.45 bits per heavy atom. The molecule has 0 spiro atoms. The molecule has 6 aromatic carbocycles. The third kappa shape index (κ3) is 15.0. The van der Waals surface area contributed by atoms with Gasteiger partial charge in [0.1, 0.15) is 17.1 Å². The van der Waals surface area contributed by atoms with Gasteiger partial charge in [0, 0.05) is 72.9 Å². The number of pyridine rings is 2. The van der Waals surface area contributed by atoms with Crippen LogP contribution in [-0.2, 0) is 27.2 Å². The molecule has 2 aromatic heterocycles. The number of nitrogens with zero attached hydrogens (tertiary/aromatic N) is 2. The highest BCUT2D eigenvalue weighted by Crippen LogP contribution is 2.26. The number of fused-ring (bicyclic) bond motifs is 2. The molecule has 3 amide bonds. The number of hydrogen-bond donors (Lipinski definition) is 4. The van der Waals surface area contributed by atoms with Crippen LogP contribution in [0.25, 0.3) is 21.5 Å². The van der Waals surface area contributed by atoms with E-state index < -0.39 is 23.5 Å². The number of carbonyl (C=O) groups is 3. The van der Waals surface area contributed by atoms with Crippen LogP contribution in [0.3, 0.4) is 0 Å². The molecular formula is C57H58N6O6. The summed E-state index contributed by atoms with van der Waals surface area (Å²) in [7, 11) is 0. The van der Waals surface area contributed by atoms with Gasteiger partial charge in [0.2, 0.25) is 11.8 Å². The van der Waals surface area contributed by atoms with E-state index in [9.17, 15) is 14.4 Å². The lowest BCUT2D eigenvalue weighted by molar-refractivity contribution is -0.118. The normalized spacial score (nSPS) is 11.9. The molecule has 0 saturated carbocycles. The van der Waals surface area contributed by atoms with E-state index in [2.05, 4.69) is 50.2 Å². The minimum atomic E-state index is -0.644. The van der Waals surface area contributed by atoms with Crippen molar-refractivity contribution in [3.63, 3.8) is 0 Å². The van der Waals surface area contributed by atoms with Gasteiger partial charge in [0.25, 0.3) is 0 Å². The van der Waals surface area contributed by atoms with E-state index >= 15 is 0 Å². The van der Waals surface area contributed by atoms with Crippen LogP contribution in [0.15, 0.2) is 183 Å². The number of rotatable bonds is 17. The molecule has 0 aliphatic heterocycles. The fourth-order valence-electron chi connectivity index (χ4n) is 7.49. The molecule has 0 fully saturated rings. The average molecular weight is 923 g/mol. The van der Waals surface area contributed by atoms with Crippen LogP contribution in [-0.4, -0.2) is 59.8 Å². The second-order valence-corrected chi connectivity index (χ2v) is 17.4. The molecule has 8 aromatic rings. The second-order valence-electron chi connectivity index (χ2n) is 17.4. The smallest absolute Gasteiger partial charge is 0.407 e. The summed E-state index contributed by atoms with van der Waals surface area (Å²) < 4.78 is 17.1. The lowest BCUT2D eigenvalue weighted by atomic mass is 9.97. The Kier molecular flexibility index (Phi) is 17.0. The number of nitrogens with two attached hydrogens (primary N) is 1. The average Bonchev–Trinajstić information content (AvgIpc) is 3.35. The summed E-state index contributed by atoms with van der Waals surface area (Å²) in [6.07, 6.45) is 8.10. The summed E-state index contributed by atoms with van der Waals surface area (Å²) in [6, 6.07) is 50.6. The van der Waals surface area contributed by atoms with E-state index in [1.165, 1.54) is 11.1 Å². The Balaban J connectivity index is 0.000000208. The monoisotopic (exact) mass is 922 g/mol. The van der Waals surface area contributed by atoms with E-state index in [-0.39, 0.29) is 24.9 Å². The fraction of sp³-hybridized carbons (Fsp3) is 0.211. The number of alkyl carbamates (subject to hydrolysis) is 1. The summed E-state index contributed by atoms with van der Waals surface area (Å²) in [5.41, 5.74) is 10.8. The number of benzene rings is 6. The van der Waals surface area contributed by atoms with Crippen molar-refractivity contribution in [2.24, 2.45) is 5.73 Å². The summed E-state index contributed by atoms with van der Waals surface area (Å²) in [6.45, 7) is 6.82. The van der Waals surface area contributed by atoms with E-state index in [0.717, 1.165) is 57.0 Å². The molecule has 0 aliphatic carbocycles. The van der Waals surface area contributed by atoms with Gasteiger partial charge in [-0.1, -0.05) is 97.1 Å². The standard InChI is InChI=1S/C31H33N3O4.C26H25N3O2/c1-31(2,3)38-30(36)33-21-28(29(35)34-26-12-9-25-20-32-17-15-24(25)19-26)23-10-13-27(14-11-23)37-18-16-22-7-5-4-6-8-22;27-17-25(26(30)29-23-9-6-22-18-28-14-12-21(22)16-23)20-7-10-24(11-8-20)31-15-13-19-4-2-1-3-5-19/h4-15,17,19-20,28H,16,18,21H2,1-3H3,(H,33,36)(H,34,35);1-12,14,16,18,25H,13,15,17,27H2,(H,29,30). The van der Waals surface area contributed by atoms with Crippen molar-refractivity contribution in [1.29, 1.82) is 0 Å². The van der Waals surface area contributed by atoms with E-state index in [1.807, 2.05) is 133 Å². The molecule has 352 valence electrons. The van der Waals surface area contributed by atoms with Gasteiger partial charge in [-0.3, -0.25) is 19.6 Å². The van der Waals surface area contributed by atoms with Crippen LogP contribution >= 0.6 is 0 Å². The first-order valence-electron chi connectivity index (χ1n) is 23.0. The number of hydrogen-bond acceptors (Lipinski definition) is 9. The Bertz CT molecular complexity index is 2910. The zero-order valence-electron chi connectivity index (χ0n) is 39.1. The predicted octanol–water partition coefficient (Wildman–Crippen LogP) is 10.6. The molecule has 69 heavy (non-hydrogen) atoms. The lowest BCUT2D eigenvalue weighted by Gasteiger charge is -2.22. The third-order valence-corrected chi connectivity index (χ3v) is 11.1. The number of aromatic nitrogens is 2. The number of amides is 3. The highest BCUT2D eigenvalue weighted by molar-refractivity contribution is 5.99. The molecule has 5 N–H and O–H groups in total. The third-order valence-electron chi connectivity index (χ3n) is 11.1. The SMILES string of the molecule is CC(C)(C)OC(=O)NCC(C(=O)Nc1ccc2cnccc2c1)c1ccc(OCCc2ccccc2)cc1.NCC(C(=O)Nc1ccc2cnccc2c1)c1ccc(OCCc2ccccc2)cc1. The van der Waals surface area contributed by atoms with E-state index in [1.54, 1.807) is 45.6 Å². The Morgan fingerprint density at radius 2 is 1.00 bits per heavy atom. The lowest BCUT2D eigenvalue weighted by Crippen LogP contribution is -2.37. The largest absolute Gasteiger partial charge is 0.493 e. The highest BCUT2D eigenvalue weighted by Gasteiger charge is 2.24. The molecule has 2 atom stereocenters. The number of nitrogens with one attached hydrogen (secondary N) is 3. The molecule has 12 heteroatoms. The first-order chi connectivity index (χ1) is 33.5. The van der Waals surface area contributed by atoms with E-state index in [4.69, 9.17) is 19.9 Å². The maximum atomic E-state index is 13.4. The summed E-state index contributed by atoms with van der Waals surface area (Å²) >= 11 is 0. The van der Waals surface area contributed by atoms with Crippen LogP contribution in [0.2, 0.25) is 0 Å². The summed E-state index contributed by atoms with van der Waals surface area (Å²) in [4.78, 5) is 46.8. The maximum absolute atomic E-state index is 13.4. The number of ether oxygens (including phenoxy) is 3. The second kappa shape index (κ2) is 24.1. The number of anilines is 2. The topological polar surface area (TPSA) is 167 Å². The van der Waals surface area contributed by atoms with E-state index in [0.29, 0.717) is 24.7 Å². The first-order valence-corrected chi connectivity index (χ1v) is 23.0. The predicted molar refractivity (Wildman–Crippen MR) is 274 cm³/mol. The zero-order chi connectivity index (χ0) is 48.4. The van der Waals surface area contributed by atoms with Crippen LogP contribution in [0.1, 0.15) is 54.9 Å². The zero-order valence-corrected chi connectivity index (χ0v) is 39.1. The van der Waals surface area contributed by atoms with Crippen molar-refractivity contribution in [3.05, 3.63) is 205 Å². The first kappa shape index (κ1) is 48.8. The van der Waals surface area contributed by atoms with Crippen molar-refractivity contribution in [3.8, 4) is 11.5 Å². The maximum Gasteiger partial charge on any atom is 0.407 e. The highest BCUT2D eigenvalue weighted by atomic mass is 16.6. The Hall–Kier alpha value is -8.09. The molecule has 0 bridgehead atoms. The molecule has 0 aliphatic rings. The molecule has 8 rings (SSSR count). The van der Waals surface area contributed by atoms with Gasteiger partial charge in [-0.15, -0.1) is 0 Å². The van der Waals surface area contributed by atoms with Crippen molar-refractivity contribution >= 4 is 50.8 Å². The Morgan fingerprint density at radius 1 is 0.551 bits per heavy atom. The van der Waals surface area contributed by atoms with Gasteiger partial charge in [-0.05, 0) is 114 Å². The van der Waals surface area contributed by atoms with Crippen molar-refractivity contribution in [2.45, 2.75) is 51.0 Å². The van der Waals surface area contributed by atoms with Crippen molar-refractivity contribution in [2.75, 3.05) is 36.9 Å². The van der Waals surface area contributed by atoms with Crippen LogP contribution in [0.5, 0.6) is 11.5 Å². The quantitative estimate of drug-likeness (QED) is 0.0695. The van der Waals surface area contributed by atoms with Gasteiger partial charge in [-0.2, -0.15) is 0 Å². The minimum absolute atomic E-state index is 0.0759. The minimum Gasteiger partial charge on any atom is -0.493 e. The summed E-state index contributed by atoms with van der Waals surface area (Å²) in [5, 5.41) is 12.7. The van der Waals surface area contributed by atoms with Gasteiger partial charge >= 0.3 is 6.09 Å². The summed E-state index contributed by atoms with van der Waals surface area (Å²) in [5.74, 6) is 0.0347. The molecule has 0 saturated heterocycles. The molecule has 0 radical (unpaired) electrons. The van der Waals surface area contributed by atoms with Crippen LogP contribution < -0.4 is 31.2 Å². The Labute approximate surface area is 403 Å². The van der Waals surface area contributed by atoms with Crippen LogP contribution in [0, 0.1) is 0 Å². The number of carbonyl (C=O) groups excluding carboxylic acids is 3. The van der Waals surface area contributed by atoms with Crippen molar-refractivity contribution < 1.29 is 28.6 Å². The molecule has 12 nitrogen and oxygen atoms in total. The van der Waals surface area contributed by atoms with Crippen LogP contribution in [0.4, 0.5) is 16.2 Å². The molecule has 2 unspecified atom stereocenters. The fourth-order valence-corrected chi connectivity index (χ4v) is 7.49. The van der Waals surface area contributed by atoms with Gasteiger partial charge in [-0.25, -0.2) is 4.79 Å². The van der Waals surface area contributed by atoms with Gasteiger partial charge in [0.05, 0.1) is 25.0 Å². The van der Waals surface area contributed by atoms with Crippen molar-refractivity contribution in [1.82, 2.24) is 15.3 Å². The molecule has 2 heterocycles. The molecular weight excluding hydrogens is 865 g/mol.